The SMILES string of the molecule is CC(C)(O)CNS(=O)(=O)c1cc(Cl)sc1Cl. The van der Waals surface area contributed by atoms with Crippen molar-refractivity contribution in [2.24, 2.45) is 0 Å². The van der Waals surface area contributed by atoms with Gasteiger partial charge in [0.2, 0.25) is 10.0 Å². The van der Waals surface area contributed by atoms with Crippen LogP contribution >= 0.6 is 34.5 Å². The van der Waals surface area contributed by atoms with Gasteiger partial charge < -0.3 is 5.11 Å². The van der Waals surface area contributed by atoms with E-state index in [4.69, 9.17) is 23.2 Å². The Balaban J connectivity index is 2.91. The number of halogens is 2. The van der Waals surface area contributed by atoms with E-state index in [1.807, 2.05) is 0 Å². The minimum atomic E-state index is -3.72. The monoisotopic (exact) mass is 303 g/mol. The minimum Gasteiger partial charge on any atom is -0.389 e. The second-order valence-corrected chi connectivity index (χ2v) is 7.85. The molecule has 0 aliphatic carbocycles. The van der Waals surface area contributed by atoms with Crippen molar-refractivity contribution in [3.63, 3.8) is 0 Å². The van der Waals surface area contributed by atoms with Crippen molar-refractivity contribution < 1.29 is 13.5 Å². The summed E-state index contributed by atoms with van der Waals surface area (Å²) in [4.78, 5) is -0.0617. The molecule has 0 spiro atoms. The summed E-state index contributed by atoms with van der Waals surface area (Å²) in [6.07, 6.45) is 0. The minimum absolute atomic E-state index is 0.0617. The summed E-state index contributed by atoms with van der Waals surface area (Å²) in [5.74, 6) is 0. The van der Waals surface area contributed by atoms with E-state index in [0.29, 0.717) is 4.34 Å². The molecule has 4 nitrogen and oxygen atoms in total. The maximum atomic E-state index is 11.8. The molecule has 1 aromatic rings. The number of sulfonamides is 1. The van der Waals surface area contributed by atoms with Gasteiger partial charge in [-0.25, -0.2) is 13.1 Å². The van der Waals surface area contributed by atoms with E-state index in [9.17, 15) is 13.5 Å². The molecule has 0 bridgehead atoms. The molecular weight excluding hydrogens is 293 g/mol. The maximum absolute atomic E-state index is 11.8. The molecule has 0 aliphatic rings. The quantitative estimate of drug-likeness (QED) is 0.895. The summed E-state index contributed by atoms with van der Waals surface area (Å²) in [7, 11) is -3.72. The predicted octanol–water partition coefficient (Wildman–Crippen LogP) is 2.10. The molecule has 8 heteroatoms. The molecule has 0 saturated heterocycles. The standard InChI is InChI=1S/C8H11Cl2NO3S2/c1-8(2,12)4-11-16(13,14)5-3-6(9)15-7(5)10/h3,11-12H,4H2,1-2H3. The van der Waals surface area contributed by atoms with E-state index in [2.05, 4.69) is 4.72 Å². The zero-order valence-corrected chi connectivity index (χ0v) is 11.8. The van der Waals surface area contributed by atoms with Gasteiger partial charge in [0, 0.05) is 6.54 Å². The van der Waals surface area contributed by atoms with Crippen LogP contribution in [0.4, 0.5) is 0 Å². The Hall–Kier alpha value is 0.150. The number of rotatable bonds is 4. The summed E-state index contributed by atoms with van der Waals surface area (Å²) >= 11 is 12.4. The molecule has 1 rings (SSSR count). The van der Waals surface area contributed by atoms with E-state index < -0.39 is 15.6 Å². The summed E-state index contributed by atoms with van der Waals surface area (Å²) in [6.45, 7) is 2.90. The average Bonchev–Trinajstić information content (AvgIpc) is 2.42. The predicted molar refractivity (Wildman–Crippen MR) is 65.8 cm³/mol. The Morgan fingerprint density at radius 1 is 1.50 bits per heavy atom. The molecule has 2 N–H and O–H groups in total. The van der Waals surface area contributed by atoms with E-state index in [1.165, 1.54) is 19.9 Å². The summed E-state index contributed by atoms with van der Waals surface area (Å²) < 4.78 is 26.2. The van der Waals surface area contributed by atoms with Gasteiger partial charge in [0.1, 0.15) is 9.23 Å². The van der Waals surface area contributed by atoms with Crippen LogP contribution in [0.15, 0.2) is 11.0 Å². The Morgan fingerprint density at radius 3 is 2.44 bits per heavy atom. The number of aliphatic hydroxyl groups is 1. The number of hydrogen-bond acceptors (Lipinski definition) is 4. The van der Waals surface area contributed by atoms with E-state index in [0.717, 1.165) is 11.3 Å². The first-order valence-corrected chi connectivity index (χ1v) is 7.34. The molecule has 1 heterocycles. The first kappa shape index (κ1) is 14.2. The maximum Gasteiger partial charge on any atom is 0.243 e. The highest BCUT2D eigenvalue weighted by molar-refractivity contribution is 7.89. The van der Waals surface area contributed by atoms with Gasteiger partial charge in [0.05, 0.1) is 9.94 Å². The Kier molecular flexibility index (Phi) is 4.26. The van der Waals surface area contributed by atoms with Gasteiger partial charge in [0.15, 0.2) is 0 Å². The fraction of sp³-hybridized carbons (Fsp3) is 0.500. The molecular formula is C8H11Cl2NO3S2. The van der Waals surface area contributed by atoms with Gasteiger partial charge >= 0.3 is 0 Å². The van der Waals surface area contributed by atoms with Crippen LogP contribution in [0.1, 0.15) is 13.8 Å². The lowest BCUT2D eigenvalue weighted by atomic mass is 10.1. The molecule has 0 amide bonds. The van der Waals surface area contributed by atoms with Gasteiger partial charge in [0.25, 0.3) is 0 Å². The molecule has 0 radical (unpaired) electrons. The molecule has 16 heavy (non-hydrogen) atoms. The van der Waals surface area contributed by atoms with Crippen molar-refractivity contribution in [2.75, 3.05) is 6.54 Å². The number of nitrogens with one attached hydrogen (secondary N) is 1. The van der Waals surface area contributed by atoms with Crippen molar-refractivity contribution >= 4 is 44.6 Å². The first-order chi connectivity index (χ1) is 7.12. The van der Waals surface area contributed by atoms with Crippen molar-refractivity contribution in [3.8, 4) is 0 Å². The third-order valence-electron chi connectivity index (χ3n) is 1.61. The van der Waals surface area contributed by atoms with Crippen LogP contribution in [0.5, 0.6) is 0 Å². The number of hydrogen-bond donors (Lipinski definition) is 2. The van der Waals surface area contributed by atoms with Gasteiger partial charge in [-0.2, -0.15) is 0 Å². The molecule has 1 aromatic heterocycles. The topological polar surface area (TPSA) is 66.4 Å². The highest BCUT2D eigenvalue weighted by Gasteiger charge is 2.23. The van der Waals surface area contributed by atoms with Crippen LogP contribution in [-0.2, 0) is 10.0 Å². The highest BCUT2D eigenvalue weighted by Crippen LogP contribution is 2.34. The fourth-order valence-corrected chi connectivity index (χ4v) is 4.21. The highest BCUT2D eigenvalue weighted by atomic mass is 35.5. The fourth-order valence-electron chi connectivity index (χ4n) is 0.858. The van der Waals surface area contributed by atoms with Crippen LogP contribution in [0.25, 0.3) is 0 Å². The van der Waals surface area contributed by atoms with Gasteiger partial charge in [-0.3, -0.25) is 0 Å². The summed E-state index contributed by atoms with van der Waals surface area (Å²) in [5.41, 5.74) is -1.13. The molecule has 0 atom stereocenters. The van der Waals surface area contributed by atoms with Crippen molar-refractivity contribution in [1.29, 1.82) is 0 Å². The first-order valence-electron chi connectivity index (χ1n) is 4.29. The van der Waals surface area contributed by atoms with E-state index >= 15 is 0 Å². The largest absolute Gasteiger partial charge is 0.389 e. The second kappa shape index (κ2) is 4.80. The van der Waals surface area contributed by atoms with Crippen LogP contribution in [-0.4, -0.2) is 25.7 Å². The third-order valence-corrected chi connectivity index (χ3v) is 4.76. The smallest absolute Gasteiger partial charge is 0.243 e. The number of thiophene rings is 1. The normalized spacial score (nSPS) is 13.1. The lowest BCUT2D eigenvalue weighted by Gasteiger charge is -2.17. The molecule has 0 aromatic carbocycles. The van der Waals surface area contributed by atoms with E-state index in [-0.39, 0.29) is 15.8 Å². The molecule has 92 valence electrons. The van der Waals surface area contributed by atoms with Crippen molar-refractivity contribution in [1.82, 2.24) is 4.72 Å². The molecule has 0 aliphatic heterocycles. The van der Waals surface area contributed by atoms with Crippen LogP contribution < -0.4 is 4.72 Å². The summed E-state index contributed by atoms with van der Waals surface area (Å²) in [6, 6.07) is 1.28. The van der Waals surface area contributed by atoms with Crippen molar-refractivity contribution in [3.05, 3.63) is 14.7 Å². The lowest BCUT2D eigenvalue weighted by Crippen LogP contribution is -2.38. The Labute approximate surface area is 108 Å². The third kappa shape index (κ3) is 3.87. The molecule has 0 fully saturated rings. The van der Waals surface area contributed by atoms with E-state index in [1.54, 1.807) is 0 Å². The van der Waals surface area contributed by atoms with Gasteiger partial charge in [-0.1, -0.05) is 23.2 Å². The van der Waals surface area contributed by atoms with Crippen LogP contribution in [0, 0.1) is 0 Å². The molecule has 0 saturated carbocycles. The second-order valence-electron chi connectivity index (χ2n) is 3.83. The zero-order valence-electron chi connectivity index (χ0n) is 8.62. The zero-order chi connectivity index (χ0) is 12.6. The Morgan fingerprint density at radius 2 is 2.06 bits per heavy atom. The Bertz CT molecular complexity index is 476. The average molecular weight is 304 g/mol. The summed E-state index contributed by atoms with van der Waals surface area (Å²) in [5, 5.41) is 9.42. The van der Waals surface area contributed by atoms with Crippen LogP contribution in [0.3, 0.4) is 0 Å². The molecule has 0 unspecified atom stereocenters. The van der Waals surface area contributed by atoms with Crippen LogP contribution in [0.2, 0.25) is 8.67 Å². The van der Waals surface area contributed by atoms with Crippen molar-refractivity contribution in [2.45, 2.75) is 24.3 Å². The van der Waals surface area contributed by atoms with Gasteiger partial charge in [-0.15, -0.1) is 11.3 Å². The van der Waals surface area contributed by atoms with Gasteiger partial charge in [-0.05, 0) is 19.9 Å². The lowest BCUT2D eigenvalue weighted by molar-refractivity contribution is 0.0857.